The van der Waals surface area contributed by atoms with E-state index in [9.17, 15) is 19.2 Å². The van der Waals surface area contributed by atoms with E-state index in [1.54, 1.807) is 24.8 Å². The predicted molar refractivity (Wildman–Crippen MR) is 221 cm³/mol. The van der Waals surface area contributed by atoms with Crippen molar-refractivity contribution in [3.8, 4) is 51.7 Å². The Morgan fingerprint density at radius 1 is 0.541 bits per heavy atom. The lowest BCUT2D eigenvalue weighted by molar-refractivity contribution is -0.308. The zero-order valence-electron chi connectivity index (χ0n) is 33.9. The minimum atomic E-state index is -1.38. The summed E-state index contributed by atoms with van der Waals surface area (Å²) in [6.45, 7) is 4.04. The molecule has 13 heteroatoms. The van der Waals surface area contributed by atoms with Gasteiger partial charge >= 0.3 is 23.9 Å². The smallest absolute Gasteiger partial charge is 0.303 e. The summed E-state index contributed by atoms with van der Waals surface area (Å²) < 4.78 is 40.2. The minimum absolute atomic E-state index is 0.0680. The van der Waals surface area contributed by atoms with E-state index < -0.39 is 54.6 Å². The number of benzene rings is 3. The number of carbonyl (C=O) groups is 4. The molecule has 2 unspecified atom stereocenters. The number of pyridine rings is 2. The summed E-state index contributed by atoms with van der Waals surface area (Å²) in [6, 6.07) is 28.9. The summed E-state index contributed by atoms with van der Waals surface area (Å²) in [7, 11) is 0. The molecule has 13 nitrogen and oxygen atoms in total. The number of aromatic nitrogens is 2. The number of ether oxygens (including phenoxy) is 7. The summed E-state index contributed by atoms with van der Waals surface area (Å²) in [5.74, 6) is 10.4. The standard InChI is InChI=1S/C48H42N2O11/c1-31(51)57-30-43-45(58-32(2)52)46(59-33(3)53)47(60-34(4)54)48(61-43)56-29-28-55-44-41(18-12-35-8-14-37(15-9-35)39-20-24-49-25-21-39)6-5-7-42(44)19-13-36-10-16-38(17-11-36)40-22-26-50-27-23-40/h5-11,14-17,20-27,43,45-48H,28-30H2,1-4H3/t43?,45-,46?,47+,48-/m1/s1. The molecule has 0 spiro atoms. The molecule has 1 fully saturated rings. The Labute approximate surface area is 353 Å². The van der Waals surface area contributed by atoms with Crippen molar-refractivity contribution in [2.45, 2.75) is 58.4 Å². The predicted octanol–water partition coefficient (Wildman–Crippen LogP) is 6.09. The Balaban J connectivity index is 1.26. The molecule has 3 aromatic carbocycles. The molecule has 0 aliphatic carbocycles. The van der Waals surface area contributed by atoms with Crippen LogP contribution < -0.4 is 4.74 Å². The first-order chi connectivity index (χ1) is 29.5. The van der Waals surface area contributed by atoms with Gasteiger partial charge in [0.05, 0.1) is 17.7 Å². The van der Waals surface area contributed by atoms with Gasteiger partial charge in [-0.3, -0.25) is 29.1 Å². The highest BCUT2D eigenvalue weighted by molar-refractivity contribution is 5.69. The molecular weight excluding hydrogens is 781 g/mol. The highest BCUT2D eigenvalue weighted by atomic mass is 16.7. The van der Waals surface area contributed by atoms with E-state index in [1.165, 1.54) is 6.92 Å². The number of esters is 4. The average Bonchev–Trinajstić information content (AvgIpc) is 3.25. The number of hydrogen-bond donors (Lipinski definition) is 0. The zero-order chi connectivity index (χ0) is 43.1. The first-order valence-electron chi connectivity index (χ1n) is 19.3. The molecule has 0 radical (unpaired) electrons. The van der Waals surface area contributed by atoms with Gasteiger partial charge in [-0.15, -0.1) is 0 Å². The van der Waals surface area contributed by atoms with Gasteiger partial charge in [-0.1, -0.05) is 54.0 Å². The van der Waals surface area contributed by atoms with Crippen molar-refractivity contribution < 1.29 is 52.3 Å². The Bertz CT molecular complexity index is 2320. The molecule has 0 N–H and O–H groups in total. The van der Waals surface area contributed by atoms with Crippen LogP contribution in [0.5, 0.6) is 5.75 Å². The number of carbonyl (C=O) groups excluding carboxylic acids is 4. The molecule has 1 aliphatic heterocycles. The molecule has 0 saturated carbocycles. The Morgan fingerprint density at radius 3 is 1.48 bits per heavy atom. The summed E-state index contributed by atoms with van der Waals surface area (Å²) in [5.41, 5.74) is 6.81. The molecule has 5 atom stereocenters. The van der Waals surface area contributed by atoms with Gasteiger partial charge in [0.15, 0.2) is 30.4 Å². The van der Waals surface area contributed by atoms with E-state index in [0.717, 1.165) is 54.2 Å². The second-order valence-corrected chi connectivity index (χ2v) is 13.6. The van der Waals surface area contributed by atoms with E-state index in [4.69, 9.17) is 33.2 Å². The van der Waals surface area contributed by atoms with E-state index in [2.05, 4.69) is 33.6 Å². The number of nitrogens with zero attached hydrogens (tertiary/aromatic N) is 2. The molecule has 61 heavy (non-hydrogen) atoms. The summed E-state index contributed by atoms with van der Waals surface area (Å²) in [6.07, 6.45) is 0.370. The zero-order valence-corrected chi connectivity index (χ0v) is 33.9. The molecule has 1 saturated heterocycles. The molecule has 0 bridgehead atoms. The Morgan fingerprint density at radius 2 is 1.00 bits per heavy atom. The second-order valence-electron chi connectivity index (χ2n) is 13.6. The van der Waals surface area contributed by atoms with Gasteiger partial charge in [0.2, 0.25) is 0 Å². The normalized spacial score (nSPS) is 17.9. The highest BCUT2D eigenvalue weighted by Gasteiger charge is 2.52. The third kappa shape index (κ3) is 12.3. The lowest BCUT2D eigenvalue weighted by atomic mass is 9.98. The van der Waals surface area contributed by atoms with Crippen LogP contribution in [-0.2, 0) is 47.6 Å². The third-order valence-corrected chi connectivity index (χ3v) is 9.06. The van der Waals surface area contributed by atoms with Gasteiger partial charge in [0, 0.05) is 63.6 Å². The fourth-order valence-corrected chi connectivity index (χ4v) is 6.38. The molecule has 310 valence electrons. The first-order valence-corrected chi connectivity index (χ1v) is 19.3. The van der Waals surface area contributed by atoms with Crippen LogP contribution in [-0.4, -0.2) is 84.4 Å². The summed E-state index contributed by atoms with van der Waals surface area (Å²) >= 11 is 0. The largest absolute Gasteiger partial charge is 0.489 e. The average molecular weight is 823 g/mol. The van der Waals surface area contributed by atoms with Crippen molar-refractivity contribution >= 4 is 23.9 Å². The van der Waals surface area contributed by atoms with Crippen molar-refractivity contribution in [2.24, 2.45) is 0 Å². The van der Waals surface area contributed by atoms with Crippen molar-refractivity contribution in [3.05, 3.63) is 138 Å². The van der Waals surface area contributed by atoms with E-state index >= 15 is 0 Å². The van der Waals surface area contributed by atoms with Crippen LogP contribution >= 0.6 is 0 Å². The lowest BCUT2D eigenvalue weighted by Crippen LogP contribution is -2.63. The van der Waals surface area contributed by atoms with Gasteiger partial charge < -0.3 is 33.2 Å². The maximum absolute atomic E-state index is 12.3. The van der Waals surface area contributed by atoms with Crippen LogP contribution in [0.4, 0.5) is 0 Å². The van der Waals surface area contributed by atoms with Crippen molar-refractivity contribution in [2.75, 3.05) is 19.8 Å². The van der Waals surface area contributed by atoms with E-state index in [-0.39, 0.29) is 19.8 Å². The highest BCUT2D eigenvalue weighted by Crippen LogP contribution is 2.31. The Kier molecular flexibility index (Phi) is 15.0. The lowest BCUT2D eigenvalue weighted by Gasteiger charge is -2.44. The monoisotopic (exact) mass is 822 g/mol. The van der Waals surface area contributed by atoms with E-state index in [0.29, 0.717) is 16.9 Å². The Hall–Kier alpha value is -7.32. The third-order valence-electron chi connectivity index (χ3n) is 9.06. The van der Waals surface area contributed by atoms with Crippen molar-refractivity contribution in [3.63, 3.8) is 0 Å². The van der Waals surface area contributed by atoms with Crippen LogP contribution in [0, 0.1) is 23.7 Å². The van der Waals surface area contributed by atoms with Gasteiger partial charge in [0.1, 0.15) is 19.3 Å². The number of hydrogen-bond acceptors (Lipinski definition) is 13. The quantitative estimate of drug-likeness (QED) is 0.0617. The van der Waals surface area contributed by atoms with Crippen molar-refractivity contribution in [1.82, 2.24) is 9.97 Å². The fraction of sp³-hybridized carbons (Fsp3) is 0.250. The van der Waals surface area contributed by atoms with Gasteiger partial charge in [0.25, 0.3) is 0 Å². The number of para-hydroxylation sites is 1. The van der Waals surface area contributed by atoms with Crippen LogP contribution in [0.25, 0.3) is 22.3 Å². The minimum Gasteiger partial charge on any atom is -0.489 e. The van der Waals surface area contributed by atoms with Crippen LogP contribution in [0.2, 0.25) is 0 Å². The topological polar surface area (TPSA) is 159 Å². The van der Waals surface area contributed by atoms with E-state index in [1.807, 2.05) is 91.0 Å². The maximum atomic E-state index is 12.3. The summed E-state index contributed by atoms with van der Waals surface area (Å²) in [5, 5.41) is 0. The molecule has 2 aromatic heterocycles. The maximum Gasteiger partial charge on any atom is 0.303 e. The van der Waals surface area contributed by atoms with Crippen LogP contribution in [0.3, 0.4) is 0 Å². The van der Waals surface area contributed by atoms with Crippen LogP contribution in [0.15, 0.2) is 116 Å². The molecule has 6 rings (SSSR count). The number of rotatable bonds is 12. The molecule has 5 aromatic rings. The molecular formula is C48H42N2O11. The van der Waals surface area contributed by atoms with Gasteiger partial charge in [-0.25, -0.2) is 0 Å². The fourth-order valence-electron chi connectivity index (χ4n) is 6.38. The van der Waals surface area contributed by atoms with Crippen molar-refractivity contribution in [1.29, 1.82) is 0 Å². The summed E-state index contributed by atoms with van der Waals surface area (Å²) in [4.78, 5) is 56.6. The molecule has 1 aliphatic rings. The molecule has 0 amide bonds. The first kappa shape index (κ1) is 43.3. The van der Waals surface area contributed by atoms with Gasteiger partial charge in [-0.05, 0) is 82.9 Å². The van der Waals surface area contributed by atoms with Crippen LogP contribution in [0.1, 0.15) is 49.9 Å². The second kappa shape index (κ2) is 21.1. The molecule has 3 heterocycles. The SMILES string of the molecule is CC(=O)OCC1O[C@@H](OCCOc2c(C#Cc3ccc(-c4ccncc4)cc3)cccc2C#Cc2ccc(-c3ccncc3)cc2)[C@@H](OC(C)=O)C(OC(C)=O)[C@@H]1OC(C)=O. The van der Waals surface area contributed by atoms with Gasteiger partial charge in [-0.2, -0.15) is 0 Å².